The summed E-state index contributed by atoms with van der Waals surface area (Å²) in [6, 6.07) is 8.40. The summed E-state index contributed by atoms with van der Waals surface area (Å²) < 4.78 is 5.08. The number of ether oxygens (including phenoxy) is 1. The Morgan fingerprint density at radius 2 is 1.89 bits per heavy atom. The normalized spacial score (nSPS) is 14.6. The first kappa shape index (κ1) is 19.9. The van der Waals surface area contributed by atoms with Gasteiger partial charge < -0.3 is 20.3 Å². The maximum Gasteiger partial charge on any atom is 0.409 e. The highest BCUT2D eigenvalue weighted by Gasteiger charge is 2.23. The Balaban J connectivity index is 1.64. The molecule has 0 radical (unpaired) electrons. The lowest BCUT2D eigenvalue weighted by molar-refractivity contribution is 0.0983. The fourth-order valence-corrected chi connectivity index (χ4v) is 3.36. The first-order chi connectivity index (χ1) is 13.5. The maximum atomic E-state index is 11.8. The van der Waals surface area contributed by atoms with Crippen LogP contribution in [0.25, 0.3) is 0 Å². The molecule has 3 rings (SSSR count). The topological polar surface area (TPSA) is 79.4 Å². The summed E-state index contributed by atoms with van der Waals surface area (Å²) in [5.41, 5.74) is 3.49. The van der Waals surface area contributed by atoms with Crippen molar-refractivity contribution in [1.29, 1.82) is 0 Å². The van der Waals surface area contributed by atoms with E-state index in [0.29, 0.717) is 25.5 Å². The number of nitrogens with one attached hydrogen (secondary N) is 2. The van der Waals surface area contributed by atoms with E-state index < -0.39 is 0 Å². The number of carbonyl (C=O) groups is 1. The standard InChI is InChI=1S/C21H29N5O2/c1-5-28-21(27)26-11-9-17(10-12-26)24-19-13-20(23-16(4)22-19)25-18-8-6-7-14(2)15(18)3/h6-8,13,17H,5,9-12H2,1-4H3,(H2,22,23,24,25). The number of rotatable bonds is 5. The molecule has 1 aliphatic heterocycles. The van der Waals surface area contributed by atoms with Crippen LogP contribution in [0.4, 0.5) is 22.1 Å². The minimum absolute atomic E-state index is 0.223. The van der Waals surface area contributed by atoms with Crippen LogP contribution in [0.15, 0.2) is 24.3 Å². The zero-order valence-electron chi connectivity index (χ0n) is 17.1. The van der Waals surface area contributed by atoms with E-state index in [4.69, 9.17) is 4.74 Å². The Hall–Kier alpha value is -2.83. The molecular formula is C21H29N5O2. The molecule has 0 atom stereocenters. The fourth-order valence-electron chi connectivity index (χ4n) is 3.36. The molecule has 28 heavy (non-hydrogen) atoms. The van der Waals surface area contributed by atoms with Crippen molar-refractivity contribution in [3.05, 3.63) is 41.2 Å². The van der Waals surface area contributed by atoms with Crippen molar-refractivity contribution in [2.45, 2.75) is 46.6 Å². The van der Waals surface area contributed by atoms with Gasteiger partial charge >= 0.3 is 6.09 Å². The van der Waals surface area contributed by atoms with Gasteiger partial charge in [0.25, 0.3) is 0 Å². The summed E-state index contributed by atoms with van der Waals surface area (Å²) in [5, 5.41) is 6.90. The molecule has 7 nitrogen and oxygen atoms in total. The highest BCUT2D eigenvalue weighted by molar-refractivity contribution is 5.67. The van der Waals surface area contributed by atoms with Gasteiger partial charge in [0, 0.05) is 30.9 Å². The summed E-state index contributed by atoms with van der Waals surface area (Å²) in [6.45, 7) is 9.70. The van der Waals surface area contributed by atoms with Gasteiger partial charge in [0.1, 0.15) is 17.5 Å². The largest absolute Gasteiger partial charge is 0.450 e. The van der Waals surface area contributed by atoms with Crippen molar-refractivity contribution in [1.82, 2.24) is 14.9 Å². The molecule has 2 aromatic rings. The van der Waals surface area contributed by atoms with Crippen LogP contribution in [0.3, 0.4) is 0 Å². The van der Waals surface area contributed by atoms with Gasteiger partial charge in [-0.1, -0.05) is 12.1 Å². The van der Waals surface area contributed by atoms with Crippen molar-refractivity contribution in [3.8, 4) is 0 Å². The number of nitrogens with zero attached hydrogens (tertiary/aromatic N) is 3. The van der Waals surface area contributed by atoms with Crippen molar-refractivity contribution >= 4 is 23.4 Å². The molecule has 0 unspecified atom stereocenters. The monoisotopic (exact) mass is 383 g/mol. The fraction of sp³-hybridized carbons (Fsp3) is 0.476. The first-order valence-electron chi connectivity index (χ1n) is 9.83. The lowest BCUT2D eigenvalue weighted by Crippen LogP contribution is -2.42. The minimum atomic E-state index is -0.223. The second-order valence-electron chi connectivity index (χ2n) is 7.16. The highest BCUT2D eigenvalue weighted by Crippen LogP contribution is 2.24. The van der Waals surface area contributed by atoms with Gasteiger partial charge in [0.2, 0.25) is 0 Å². The number of benzene rings is 1. The predicted molar refractivity (Wildman–Crippen MR) is 111 cm³/mol. The molecule has 1 aromatic heterocycles. The molecule has 0 saturated carbocycles. The van der Waals surface area contributed by atoms with Gasteiger partial charge in [0.15, 0.2) is 0 Å². The predicted octanol–water partition coefficient (Wildman–Crippen LogP) is 4.18. The average Bonchev–Trinajstić information content (AvgIpc) is 2.66. The third-order valence-corrected chi connectivity index (χ3v) is 5.08. The van der Waals surface area contributed by atoms with Gasteiger partial charge in [0.05, 0.1) is 6.61 Å². The summed E-state index contributed by atoms with van der Waals surface area (Å²) in [5.74, 6) is 2.28. The summed E-state index contributed by atoms with van der Waals surface area (Å²) in [6.07, 6.45) is 1.50. The van der Waals surface area contributed by atoms with E-state index in [2.05, 4.69) is 46.6 Å². The zero-order valence-corrected chi connectivity index (χ0v) is 17.1. The molecule has 7 heteroatoms. The van der Waals surface area contributed by atoms with E-state index >= 15 is 0 Å². The zero-order chi connectivity index (χ0) is 20.1. The molecule has 150 valence electrons. The van der Waals surface area contributed by atoms with Crippen LogP contribution >= 0.6 is 0 Å². The molecule has 0 bridgehead atoms. The number of aryl methyl sites for hydroxylation is 2. The molecule has 2 heterocycles. The molecule has 0 aliphatic carbocycles. The van der Waals surface area contributed by atoms with Gasteiger partial charge in [-0.2, -0.15) is 0 Å². The quantitative estimate of drug-likeness (QED) is 0.806. The lowest BCUT2D eigenvalue weighted by Gasteiger charge is -2.31. The van der Waals surface area contributed by atoms with Crippen molar-refractivity contribution < 1.29 is 9.53 Å². The molecule has 1 fully saturated rings. The van der Waals surface area contributed by atoms with E-state index in [1.54, 1.807) is 4.90 Å². The van der Waals surface area contributed by atoms with Crippen LogP contribution in [0.2, 0.25) is 0 Å². The molecule has 0 spiro atoms. The lowest BCUT2D eigenvalue weighted by atomic mass is 10.1. The third kappa shape index (κ3) is 4.91. The Bertz CT molecular complexity index is 832. The second kappa shape index (κ2) is 8.91. The highest BCUT2D eigenvalue weighted by atomic mass is 16.6. The second-order valence-corrected chi connectivity index (χ2v) is 7.16. The van der Waals surface area contributed by atoms with Crippen LogP contribution in [0, 0.1) is 20.8 Å². The van der Waals surface area contributed by atoms with E-state index in [9.17, 15) is 4.79 Å². The number of piperidine rings is 1. The average molecular weight is 383 g/mol. The summed E-state index contributed by atoms with van der Waals surface area (Å²) in [7, 11) is 0. The third-order valence-electron chi connectivity index (χ3n) is 5.08. The molecule has 2 N–H and O–H groups in total. The van der Waals surface area contributed by atoms with Gasteiger partial charge in [-0.15, -0.1) is 0 Å². The molecule has 1 amide bonds. The van der Waals surface area contributed by atoms with Crippen LogP contribution in [-0.2, 0) is 4.74 Å². The first-order valence-corrected chi connectivity index (χ1v) is 9.83. The Kier molecular flexibility index (Phi) is 6.34. The number of hydrogen-bond donors (Lipinski definition) is 2. The van der Waals surface area contributed by atoms with Crippen LogP contribution < -0.4 is 10.6 Å². The number of carbonyl (C=O) groups excluding carboxylic acids is 1. The van der Waals surface area contributed by atoms with Gasteiger partial charge in [-0.3, -0.25) is 0 Å². The Labute approximate surface area is 166 Å². The Morgan fingerprint density at radius 1 is 1.18 bits per heavy atom. The molecule has 1 aliphatic rings. The molecular weight excluding hydrogens is 354 g/mol. The summed E-state index contributed by atoms with van der Waals surface area (Å²) in [4.78, 5) is 22.6. The van der Waals surface area contributed by atoms with E-state index in [0.717, 1.165) is 30.2 Å². The summed E-state index contributed by atoms with van der Waals surface area (Å²) >= 11 is 0. The van der Waals surface area contributed by atoms with Crippen LogP contribution in [0.5, 0.6) is 0 Å². The SMILES string of the molecule is CCOC(=O)N1CCC(Nc2cc(Nc3cccc(C)c3C)nc(C)n2)CC1. The number of amides is 1. The number of anilines is 3. The van der Waals surface area contributed by atoms with Crippen LogP contribution in [0.1, 0.15) is 36.7 Å². The number of likely N-dealkylation sites (tertiary alicyclic amines) is 1. The number of aromatic nitrogens is 2. The van der Waals surface area contributed by atoms with E-state index in [-0.39, 0.29) is 12.1 Å². The Morgan fingerprint density at radius 3 is 2.61 bits per heavy atom. The van der Waals surface area contributed by atoms with Crippen molar-refractivity contribution in [3.63, 3.8) is 0 Å². The number of hydrogen-bond acceptors (Lipinski definition) is 6. The smallest absolute Gasteiger partial charge is 0.409 e. The van der Waals surface area contributed by atoms with Crippen molar-refractivity contribution in [2.75, 3.05) is 30.3 Å². The van der Waals surface area contributed by atoms with E-state index in [1.165, 1.54) is 11.1 Å². The molecule has 1 aromatic carbocycles. The minimum Gasteiger partial charge on any atom is -0.450 e. The van der Waals surface area contributed by atoms with Gasteiger partial charge in [-0.25, -0.2) is 14.8 Å². The van der Waals surface area contributed by atoms with Gasteiger partial charge in [-0.05, 0) is 57.7 Å². The van der Waals surface area contributed by atoms with Crippen LogP contribution in [-0.4, -0.2) is 46.7 Å². The molecule has 1 saturated heterocycles. The van der Waals surface area contributed by atoms with E-state index in [1.807, 2.05) is 26.0 Å². The maximum absolute atomic E-state index is 11.8. The van der Waals surface area contributed by atoms with Crippen molar-refractivity contribution in [2.24, 2.45) is 0 Å².